The zero-order valence-corrected chi connectivity index (χ0v) is 13.1. The van der Waals surface area contributed by atoms with Gasteiger partial charge in [-0.1, -0.05) is 41.4 Å². The van der Waals surface area contributed by atoms with E-state index < -0.39 is 0 Å². The van der Waals surface area contributed by atoms with Crippen molar-refractivity contribution in [3.8, 4) is 5.75 Å². The lowest BCUT2D eigenvalue weighted by atomic mass is 9.86. The van der Waals surface area contributed by atoms with Gasteiger partial charge in [0.15, 0.2) is 0 Å². The lowest BCUT2D eigenvalue weighted by Gasteiger charge is -2.29. The van der Waals surface area contributed by atoms with Crippen LogP contribution in [0.15, 0.2) is 18.2 Å². The molecule has 0 bridgehead atoms. The fraction of sp³-hybridized carbons (Fsp3) is 0.571. The quantitative estimate of drug-likeness (QED) is 0.652. The third kappa shape index (κ3) is 3.89. The predicted molar refractivity (Wildman–Crippen MR) is 78.5 cm³/mol. The predicted octanol–water partition coefficient (Wildman–Crippen LogP) is 5.23. The van der Waals surface area contributed by atoms with E-state index in [-0.39, 0.29) is 5.41 Å². The highest BCUT2D eigenvalue weighted by atomic mass is 79.9. The van der Waals surface area contributed by atoms with Crippen LogP contribution in [0.5, 0.6) is 5.75 Å². The largest absolute Gasteiger partial charge is 0.493 e. The molecule has 0 aromatic heterocycles. The molecule has 0 aliphatic heterocycles. The van der Waals surface area contributed by atoms with E-state index in [0.717, 1.165) is 41.1 Å². The molecule has 0 aliphatic carbocycles. The van der Waals surface area contributed by atoms with E-state index in [1.165, 1.54) is 0 Å². The summed E-state index contributed by atoms with van der Waals surface area (Å²) >= 11 is 9.58. The zero-order valence-electron chi connectivity index (χ0n) is 10.7. The third-order valence-corrected chi connectivity index (χ3v) is 5.07. The monoisotopic (exact) mass is 318 g/mol. The number of hydrogen-bond donors (Lipinski definition) is 0. The van der Waals surface area contributed by atoms with E-state index in [9.17, 15) is 0 Å². The van der Waals surface area contributed by atoms with Gasteiger partial charge in [-0.05, 0) is 43.5 Å². The van der Waals surface area contributed by atoms with Crippen molar-refractivity contribution in [2.24, 2.45) is 5.41 Å². The van der Waals surface area contributed by atoms with Crippen LogP contribution in [0.25, 0.3) is 0 Å². The number of halogens is 2. The van der Waals surface area contributed by atoms with Crippen LogP contribution in [-0.4, -0.2) is 11.9 Å². The molecule has 1 nitrogen and oxygen atoms in total. The number of alkyl halides is 1. The Labute approximate surface area is 118 Å². The summed E-state index contributed by atoms with van der Waals surface area (Å²) in [6.07, 6.45) is 2.22. The SMILES string of the molecule is CCC(CC)(CBr)COc1ccc(Cl)c(C)c1. The van der Waals surface area contributed by atoms with Gasteiger partial charge < -0.3 is 4.74 Å². The van der Waals surface area contributed by atoms with Gasteiger partial charge >= 0.3 is 0 Å². The molecule has 96 valence electrons. The fourth-order valence-corrected chi connectivity index (χ4v) is 2.70. The minimum Gasteiger partial charge on any atom is -0.493 e. The second kappa shape index (κ2) is 6.65. The maximum Gasteiger partial charge on any atom is 0.119 e. The first-order valence-corrected chi connectivity index (χ1v) is 7.51. The average Bonchev–Trinajstić information content (AvgIpc) is 2.36. The molecule has 0 unspecified atom stereocenters. The van der Waals surface area contributed by atoms with Crippen LogP contribution in [0, 0.1) is 12.3 Å². The molecule has 1 aromatic carbocycles. The average molecular weight is 320 g/mol. The van der Waals surface area contributed by atoms with Gasteiger partial charge in [0.05, 0.1) is 6.61 Å². The summed E-state index contributed by atoms with van der Waals surface area (Å²) in [7, 11) is 0. The first-order chi connectivity index (χ1) is 8.06. The second-order valence-electron chi connectivity index (χ2n) is 4.54. The second-order valence-corrected chi connectivity index (χ2v) is 5.51. The van der Waals surface area contributed by atoms with Crippen LogP contribution in [0.3, 0.4) is 0 Å². The van der Waals surface area contributed by atoms with Crippen LogP contribution >= 0.6 is 27.5 Å². The molecule has 1 aromatic rings. The lowest BCUT2D eigenvalue weighted by Crippen LogP contribution is -2.29. The Morgan fingerprint density at radius 3 is 2.41 bits per heavy atom. The van der Waals surface area contributed by atoms with Crippen molar-refractivity contribution in [1.29, 1.82) is 0 Å². The molecule has 0 N–H and O–H groups in total. The Morgan fingerprint density at radius 1 is 1.29 bits per heavy atom. The normalized spacial score (nSPS) is 11.6. The fourth-order valence-electron chi connectivity index (χ4n) is 1.63. The molecule has 0 aliphatic rings. The molecule has 0 spiro atoms. The van der Waals surface area contributed by atoms with Crippen molar-refractivity contribution in [2.45, 2.75) is 33.6 Å². The molecule has 0 atom stereocenters. The highest BCUT2D eigenvalue weighted by molar-refractivity contribution is 9.09. The van der Waals surface area contributed by atoms with Gasteiger partial charge in [0.2, 0.25) is 0 Å². The van der Waals surface area contributed by atoms with Crippen molar-refractivity contribution in [1.82, 2.24) is 0 Å². The minimum absolute atomic E-state index is 0.230. The molecule has 0 amide bonds. The van der Waals surface area contributed by atoms with Crippen molar-refractivity contribution in [3.63, 3.8) is 0 Å². The van der Waals surface area contributed by atoms with Crippen LogP contribution in [0.1, 0.15) is 32.3 Å². The first kappa shape index (κ1) is 14.8. The maximum absolute atomic E-state index is 5.99. The van der Waals surface area contributed by atoms with Gasteiger partial charge in [0.25, 0.3) is 0 Å². The number of hydrogen-bond acceptors (Lipinski definition) is 1. The molecular weight excluding hydrogens is 300 g/mol. The van der Waals surface area contributed by atoms with E-state index in [0.29, 0.717) is 0 Å². The Kier molecular flexibility index (Phi) is 5.81. The summed E-state index contributed by atoms with van der Waals surface area (Å²) in [6.45, 7) is 7.15. The number of ether oxygens (including phenoxy) is 1. The number of benzene rings is 1. The van der Waals surface area contributed by atoms with Gasteiger partial charge in [-0.15, -0.1) is 0 Å². The smallest absolute Gasteiger partial charge is 0.119 e. The van der Waals surface area contributed by atoms with Gasteiger partial charge in [-0.25, -0.2) is 0 Å². The number of rotatable bonds is 6. The Morgan fingerprint density at radius 2 is 1.94 bits per heavy atom. The van der Waals surface area contributed by atoms with Crippen molar-refractivity contribution in [2.75, 3.05) is 11.9 Å². The minimum atomic E-state index is 0.230. The summed E-state index contributed by atoms with van der Waals surface area (Å²) in [6, 6.07) is 5.81. The molecular formula is C14H20BrClO. The molecule has 3 heteroatoms. The van der Waals surface area contributed by atoms with Crippen LogP contribution in [0.2, 0.25) is 5.02 Å². The Bertz CT molecular complexity index is 353. The summed E-state index contributed by atoms with van der Waals surface area (Å²) < 4.78 is 5.89. The maximum atomic E-state index is 5.99. The third-order valence-electron chi connectivity index (χ3n) is 3.46. The molecule has 0 saturated carbocycles. The Balaban J connectivity index is 2.68. The standard InChI is InChI=1S/C14H20BrClO/c1-4-14(5-2,9-15)10-17-12-6-7-13(16)11(3)8-12/h6-8H,4-5,9-10H2,1-3H3. The van der Waals surface area contributed by atoms with E-state index in [1.54, 1.807) is 0 Å². The van der Waals surface area contributed by atoms with Gasteiger partial charge in [0.1, 0.15) is 5.75 Å². The zero-order chi connectivity index (χ0) is 12.9. The summed E-state index contributed by atoms with van der Waals surface area (Å²) in [5.41, 5.74) is 1.29. The molecule has 0 heterocycles. The van der Waals surface area contributed by atoms with Crippen molar-refractivity contribution < 1.29 is 4.74 Å². The van der Waals surface area contributed by atoms with Crippen molar-refractivity contribution in [3.05, 3.63) is 28.8 Å². The molecule has 17 heavy (non-hydrogen) atoms. The number of aryl methyl sites for hydroxylation is 1. The summed E-state index contributed by atoms with van der Waals surface area (Å²) in [4.78, 5) is 0. The molecule has 1 rings (SSSR count). The highest BCUT2D eigenvalue weighted by Crippen LogP contribution is 2.30. The molecule has 0 fully saturated rings. The van der Waals surface area contributed by atoms with Gasteiger partial charge in [0, 0.05) is 15.8 Å². The van der Waals surface area contributed by atoms with Crippen LogP contribution < -0.4 is 4.74 Å². The molecule has 0 radical (unpaired) electrons. The van der Waals surface area contributed by atoms with Crippen LogP contribution in [-0.2, 0) is 0 Å². The summed E-state index contributed by atoms with van der Waals surface area (Å²) in [5, 5.41) is 1.76. The van der Waals surface area contributed by atoms with E-state index in [2.05, 4.69) is 29.8 Å². The lowest BCUT2D eigenvalue weighted by molar-refractivity contribution is 0.158. The molecule has 0 saturated heterocycles. The van der Waals surface area contributed by atoms with Gasteiger partial charge in [-0.2, -0.15) is 0 Å². The van der Waals surface area contributed by atoms with E-state index in [4.69, 9.17) is 16.3 Å². The Hall–Kier alpha value is -0.210. The van der Waals surface area contributed by atoms with E-state index in [1.807, 2.05) is 25.1 Å². The van der Waals surface area contributed by atoms with Crippen LogP contribution in [0.4, 0.5) is 0 Å². The van der Waals surface area contributed by atoms with E-state index >= 15 is 0 Å². The first-order valence-electron chi connectivity index (χ1n) is 6.02. The summed E-state index contributed by atoms with van der Waals surface area (Å²) in [5.74, 6) is 0.902. The van der Waals surface area contributed by atoms with Crippen molar-refractivity contribution >= 4 is 27.5 Å². The topological polar surface area (TPSA) is 9.23 Å². The highest BCUT2D eigenvalue weighted by Gasteiger charge is 2.25. The van der Waals surface area contributed by atoms with Gasteiger partial charge in [-0.3, -0.25) is 0 Å².